The number of benzene rings is 3. The number of nitro benzene ring substituents is 1. The molecule has 124 valence electrons. The van der Waals surface area contributed by atoms with Gasteiger partial charge in [0, 0.05) is 23.4 Å². The van der Waals surface area contributed by atoms with Gasteiger partial charge in [0.05, 0.1) is 10.6 Å². The quantitative estimate of drug-likeness (QED) is 0.303. The van der Waals surface area contributed by atoms with Crippen molar-refractivity contribution in [3.8, 4) is 16.9 Å². The Hall–Kier alpha value is -3.74. The van der Waals surface area contributed by atoms with E-state index in [1.54, 1.807) is 42.5 Å². The van der Waals surface area contributed by atoms with Crippen LogP contribution in [0, 0.1) is 10.1 Å². The predicted molar refractivity (Wildman–Crippen MR) is 95.2 cm³/mol. The molecule has 25 heavy (non-hydrogen) atoms. The molecule has 3 N–H and O–H groups in total. The monoisotopic (exact) mass is 334 g/mol. The first-order valence-corrected chi connectivity index (χ1v) is 7.39. The van der Waals surface area contributed by atoms with Crippen molar-refractivity contribution in [3.05, 3.63) is 76.8 Å². The first-order valence-electron chi connectivity index (χ1n) is 7.39. The van der Waals surface area contributed by atoms with Crippen molar-refractivity contribution in [2.45, 2.75) is 0 Å². The van der Waals surface area contributed by atoms with Crippen molar-refractivity contribution in [2.24, 2.45) is 10.2 Å². The molecule has 3 rings (SSSR count). The van der Waals surface area contributed by atoms with E-state index < -0.39 is 4.92 Å². The highest BCUT2D eigenvalue weighted by Crippen LogP contribution is 2.37. The number of hydrogen-bond donors (Lipinski definition) is 2. The topological polar surface area (TPSA) is 114 Å². The number of nitrogens with zero attached hydrogens (tertiary/aromatic N) is 3. The molecule has 3 aromatic rings. The molecule has 3 aromatic carbocycles. The van der Waals surface area contributed by atoms with Crippen LogP contribution in [0.15, 0.2) is 77.0 Å². The summed E-state index contributed by atoms with van der Waals surface area (Å²) in [5, 5.41) is 29.4. The summed E-state index contributed by atoms with van der Waals surface area (Å²) in [6.45, 7) is 0. The lowest BCUT2D eigenvalue weighted by Gasteiger charge is -2.06. The Labute approximate surface area is 143 Å². The molecule has 0 aliphatic carbocycles. The lowest BCUT2D eigenvalue weighted by atomic mass is 10.0. The molecule has 7 nitrogen and oxygen atoms in total. The van der Waals surface area contributed by atoms with Crippen molar-refractivity contribution >= 4 is 22.7 Å². The van der Waals surface area contributed by atoms with Gasteiger partial charge in [-0.3, -0.25) is 10.1 Å². The van der Waals surface area contributed by atoms with E-state index in [0.717, 1.165) is 0 Å². The minimum atomic E-state index is -0.531. The van der Waals surface area contributed by atoms with E-state index >= 15 is 0 Å². The molecular formula is C18H14N4O3. The number of phenols is 1. The maximum Gasteiger partial charge on any atom is 0.297 e. The summed E-state index contributed by atoms with van der Waals surface area (Å²) in [6.07, 6.45) is 0. The number of hydrogen-bond acceptors (Lipinski definition) is 6. The summed E-state index contributed by atoms with van der Waals surface area (Å²) in [5.41, 5.74) is 7.48. The fourth-order valence-electron chi connectivity index (χ4n) is 2.32. The van der Waals surface area contributed by atoms with Crippen molar-refractivity contribution in [1.82, 2.24) is 0 Å². The van der Waals surface area contributed by atoms with Crippen LogP contribution >= 0.6 is 0 Å². The Morgan fingerprint density at radius 3 is 2.40 bits per heavy atom. The third-order valence-electron chi connectivity index (χ3n) is 3.53. The molecular weight excluding hydrogens is 320 g/mol. The maximum absolute atomic E-state index is 11.4. The van der Waals surface area contributed by atoms with Crippen molar-refractivity contribution in [2.75, 3.05) is 5.73 Å². The average Bonchev–Trinajstić information content (AvgIpc) is 2.61. The maximum atomic E-state index is 11.4. The molecule has 0 aliphatic heterocycles. The molecule has 0 unspecified atom stereocenters. The summed E-state index contributed by atoms with van der Waals surface area (Å²) < 4.78 is 0. The molecule has 0 atom stereocenters. The Bertz CT molecular complexity index is 956. The SMILES string of the molecule is Nc1ccc(-c2ccc(/N=N/c3ccccc3)c([N+](=O)[O-])c2)c(O)c1. The van der Waals surface area contributed by atoms with E-state index in [1.807, 2.05) is 6.07 Å². The van der Waals surface area contributed by atoms with Crippen LogP contribution in [0.25, 0.3) is 11.1 Å². The van der Waals surface area contributed by atoms with Gasteiger partial charge in [0.2, 0.25) is 0 Å². The second-order valence-corrected chi connectivity index (χ2v) is 5.27. The van der Waals surface area contributed by atoms with Crippen LogP contribution in [0.3, 0.4) is 0 Å². The Morgan fingerprint density at radius 1 is 0.960 bits per heavy atom. The molecule has 0 spiro atoms. The van der Waals surface area contributed by atoms with Gasteiger partial charge in [0.1, 0.15) is 5.75 Å². The lowest BCUT2D eigenvalue weighted by Crippen LogP contribution is -1.90. The number of phenolic OH excluding ortho intramolecular Hbond substituents is 1. The van der Waals surface area contributed by atoms with Gasteiger partial charge in [-0.1, -0.05) is 24.3 Å². The highest BCUT2D eigenvalue weighted by Gasteiger charge is 2.16. The zero-order chi connectivity index (χ0) is 17.8. The molecule has 0 aliphatic rings. The highest BCUT2D eigenvalue weighted by molar-refractivity contribution is 5.77. The van der Waals surface area contributed by atoms with Crippen LogP contribution in [0.4, 0.5) is 22.7 Å². The summed E-state index contributed by atoms with van der Waals surface area (Å²) in [7, 11) is 0. The minimum absolute atomic E-state index is 0.0482. The standard InChI is InChI=1S/C18H14N4O3/c19-13-7-8-15(18(23)11-13)12-6-9-16(17(10-12)22(24)25)21-20-14-4-2-1-3-5-14/h1-11,23H,19H2/b21-20+. The molecule has 0 aromatic heterocycles. The summed E-state index contributed by atoms with van der Waals surface area (Å²) in [4.78, 5) is 10.8. The molecule has 0 heterocycles. The fraction of sp³-hybridized carbons (Fsp3) is 0. The van der Waals surface area contributed by atoms with Gasteiger partial charge in [-0.15, -0.1) is 5.11 Å². The van der Waals surface area contributed by atoms with Gasteiger partial charge in [-0.25, -0.2) is 0 Å². The summed E-state index contributed by atoms with van der Waals surface area (Å²) in [5.74, 6) is -0.0482. The van der Waals surface area contributed by atoms with E-state index in [-0.39, 0.29) is 17.1 Å². The van der Waals surface area contributed by atoms with Crippen molar-refractivity contribution in [1.29, 1.82) is 0 Å². The van der Waals surface area contributed by atoms with Gasteiger partial charge in [0.15, 0.2) is 5.69 Å². The lowest BCUT2D eigenvalue weighted by molar-refractivity contribution is -0.384. The van der Waals surface area contributed by atoms with Crippen LogP contribution in [-0.2, 0) is 0 Å². The van der Waals surface area contributed by atoms with Crippen LogP contribution in [-0.4, -0.2) is 10.0 Å². The van der Waals surface area contributed by atoms with Gasteiger partial charge in [-0.05, 0) is 35.9 Å². The normalized spacial score (nSPS) is 10.9. The zero-order valence-electron chi connectivity index (χ0n) is 13.0. The molecule has 7 heteroatoms. The Morgan fingerprint density at radius 2 is 1.72 bits per heavy atom. The first kappa shape index (κ1) is 16.1. The van der Waals surface area contributed by atoms with Gasteiger partial charge >= 0.3 is 0 Å². The van der Waals surface area contributed by atoms with Gasteiger partial charge in [-0.2, -0.15) is 5.11 Å². The zero-order valence-corrected chi connectivity index (χ0v) is 13.0. The Balaban J connectivity index is 2.01. The van der Waals surface area contributed by atoms with E-state index in [4.69, 9.17) is 5.73 Å². The predicted octanol–water partition coefficient (Wildman–Crippen LogP) is 4.97. The van der Waals surface area contributed by atoms with Crippen molar-refractivity contribution in [3.63, 3.8) is 0 Å². The summed E-state index contributed by atoms with van der Waals surface area (Å²) in [6, 6.07) is 18.0. The van der Waals surface area contributed by atoms with E-state index in [1.165, 1.54) is 18.2 Å². The molecule has 0 saturated carbocycles. The van der Waals surface area contributed by atoms with Crippen LogP contribution in [0.1, 0.15) is 0 Å². The summed E-state index contributed by atoms with van der Waals surface area (Å²) >= 11 is 0. The third kappa shape index (κ3) is 3.61. The van der Waals surface area contributed by atoms with E-state index in [9.17, 15) is 15.2 Å². The second kappa shape index (κ2) is 6.79. The van der Waals surface area contributed by atoms with Crippen LogP contribution in [0.2, 0.25) is 0 Å². The van der Waals surface area contributed by atoms with Gasteiger partial charge in [0.25, 0.3) is 5.69 Å². The number of azo groups is 1. The van der Waals surface area contributed by atoms with Crippen molar-refractivity contribution < 1.29 is 10.0 Å². The largest absolute Gasteiger partial charge is 0.507 e. The molecule has 0 radical (unpaired) electrons. The molecule has 0 bridgehead atoms. The van der Waals surface area contributed by atoms with Crippen LogP contribution < -0.4 is 5.73 Å². The number of aromatic hydroxyl groups is 1. The Kier molecular flexibility index (Phi) is 4.38. The molecule has 0 saturated heterocycles. The third-order valence-corrected chi connectivity index (χ3v) is 3.53. The molecule has 0 amide bonds. The number of nitrogen functional groups attached to an aromatic ring is 1. The number of anilines is 1. The van der Waals surface area contributed by atoms with Gasteiger partial charge < -0.3 is 10.8 Å². The minimum Gasteiger partial charge on any atom is -0.507 e. The number of rotatable bonds is 4. The van der Waals surface area contributed by atoms with Crippen LogP contribution in [0.5, 0.6) is 5.75 Å². The smallest absolute Gasteiger partial charge is 0.297 e. The highest BCUT2D eigenvalue weighted by atomic mass is 16.6. The first-order chi connectivity index (χ1) is 12.0. The number of nitrogens with two attached hydrogens (primary N) is 1. The fourth-order valence-corrected chi connectivity index (χ4v) is 2.32. The second-order valence-electron chi connectivity index (χ2n) is 5.27. The molecule has 0 fully saturated rings. The van der Waals surface area contributed by atoms with E-state index in [0.29, 0.717) is 22.5 Å². The van der Waals surface area contributed by atoms with E-state index in [2.05, 4.69) is 10.2 Å². The number of nitro groups is 1. The average molecular weight is 334 g/mol.